The first-order valence-corrected chi connectivity index (χ1v) is 21.6. The summed E-state index contributed by atoms with van der Waals surface area (Å²) in [7, 11) is 0. The van der Waals surface area contributed by atoms with E-state index in [1.165, 1.54) is 86.1 Å². The Balaban J connectivity index is 1.07. The number of benzene rings is 10. The lowest BCUT2D eigenvalue weighted by molar-refractivity contribution is 1.18. The third-order valence-electron chi connectivity index (χ3n) is 12.2. The molecular formula is C58H38N2S. The number of hydrogen-bond donors (Lipinski definition) is 0. The van der Waals surface area contributed by atoms with Crippen molar-refractivity contribution in [2.75, 3.05) is 4.90 Å². The summed E-state index contributed by atoms with van der Waals surface area (Å²) in [5.41, 5.74) is 14.1. The molecule has 2 heterocycles. The van der Waals surface area contributed by atoms with E-state index < -0.39 is 0 Å². The minimum absolute atomic E-state index is 1.10. The number of thiophene rings is 1. The van der Waals surface area contributed by atoms with E-state index in [4.69, 9.17) is 0 Å². The fraction of sp³-hybridized carbons (Fsp3) is 0. The zero-order valence-corrected chi connectivity index (χ0v) is 34.1. The van der Waals surface area contributed by atoms with Gasteiger partial charge in [0.25, 0.3) is 0 Å². The van der Waals surface area contributed by atoms with Crippen molar-refractivity contribution in [3.8, 4) is 39.1 Å². The number of aromatic nitrogens is 1. The molecule has 12 rings (SSSR count). The van der Waals surface area contributed by atoms with Gasteiger partial charge in [0.2, 0.25) is 0 Å². The second-order valence-electron chi connectivity index (χ2n) is 15.7. The highest BCUT2D eigenvalue weighted by Gasteiger charge is 2.20. The van der Waals surface area contributed by atoms with Crippen molar-refractivity contribution in [2.45, 2.75) is 0 Å². The molecule has 12 aromatic rings. The topological polar surface area (TPSA) is 8.17 Å². The fourth-order valence-corrected chi connectivity index (χ4v) is 10.6. The lowest BCUT2D eigenvalue weighted by Gasteiger charge is -2.27. The molecule has 0 aliphatic rings. The van der Waals surface area contributed by atoms with Crippen LogP contribution in [0.2, 0.25) is 0 Å². The van der Waals surface area contributed by atoms with Crippen molar-refractivity contribution in [2.24, 2.45) is 0 Å². The number of para-hydroxylation sites is 2. The van der Waals surface area contributed by atoms with Gasteiger partial charge in [-0.1, -0.05) is 164 Å². The number of rotatable bonds is 7. The highest BCUT2D eigenvalue weighted by Crippen LogP contribution is 2.47. The third kappa shape index (κ3) is 6.01. The first-order valence-electron chi connectivity index (χ1n) is 20.8. The smallest absolute Gasteiger partial charge is 0.0541 e. The summed E-state index contributed by atoms with van der Waals surface area (Å²) in [6, 6.07) is 84.3. The van der Waals surface area contributed by atoms with Crippen LogP contribution in [0.4, 0.5) is 17.1 Å². The summed E-state index contributed by atoms with van der Waals surface area (Å²) >= 11 is 1.88. The van der Waals surface area contributed by atoms with Crippen LogP contribution >= 0.6 is 11.3 Å². The summed E-state index contributed by atoms with van der Waals surface area (Å²) in [5.74, 6) is 0. The van der Waals surface area contributed by atoms with Crippen molar-refractivity contribution < 1.29 is 0 Å². The monoisotopic (exact) mass is 794 g/mol. The van der Waals surface area contributed by atoms with Crippen LogP contribution in [0, 0.1) is 0 Å². The summed E-state index contributed by atoms with van der Waals surface area (Å²) < 4.78 is 4.97. The maximum atomic E-state index is 2.45. The number of nitrogens with zero attached hydrogens (tertiary/aromatic N) is 2. The van der Waals surface area contributed by atoms with E-state index in [9.17, 15) is 0 Å². The summed E-state index contributed by atoms with van der Waals surface area (Å²) in [6.45, 7) is 0. The van der Waals surface area contributed by atoms with Gasteiger partial charge in [0.1, 0.15) is 0 Å². The van der Waals surface area contributed by atoms with Crippen LogP contribution in [0.3, 0.4) is 0 Å². The molecule has 0 aliphatic heterocycles. The van der Waals surface area contributed by atoms with Crippen LogP contribution in [0.15, 0.2) is 231 Å². The molecule has 0 radical (unpaired) electrons. The van der Waals surface area contributed by atoms with E-state index in [-0.39, 0.29) is 0 Å². The Bertz CT molecular complexity index is 3540. The van der Waals surface area contributed by atoms with E-state index in [0.717, 1.165) is 22.7 Å². The SMILES string of the molecule is c1ccc(-c2cccc(N(c3cccc(-c4cccc5ccccc45)c3)c3cc(-c4ccc(-n5c6ccccc6c6ccccc65)cc4)c4sc5ccccc5c4c3)c2)cc1. The average Bonchev–Trinajstić information content (AvgIpc) is 3.88. The van der Waals surface area contributed by atoms with Gasteiger partial charge >= 0.3 is 0 Å². The molecule has 0 amide bonds. The van der Waals surface area contributed by atoms with Gasteiger partial charge in [-0.3, -0.25) is 0 Å². The molecule has 0 N–H and O–H groups in total. The van der Waals surface area contributed by atoms with Gasteiger partial charge in [0.05, 0.1) is 11.0 Å². The van der Waals surface area contributed by atoms with Gasteiger partial charge in [-0.05, 0) is 105 Å². The average molecular weight is 795 g/mol. The molecule has 10 aromatic carbocycles. The van der Waals surface area contributed by atoms with E-state index in [1.807, 2.05) is 11.3 Å². The number of hydrogen-bond acceptors (Lipinski definition) is 2. The number of anilines is 3. The minimum atomic E-state index is 1.10. The first-order chi connectivity index (χ1) is 30.2. The van der Waals surface area contributed by atoms with Crippen molar-refractivity contribution in [3.63, 3.8) is 0 Å². The highest BCUT2D eigenvalue weighted by molar-refractivity contribution is 7.26. The van der Waals surface area contributed by atoms with Gasteiger partial charge in [0, 0.05) is 59.3 Å². The van der Waals surface area contributed by atoms with Crippen LogP contribution < -0.4 is 4.90 Å². The largest absolute Gasteiger partial charge is 0.310 e. The standard InChI is InChI=1S/C58H38N2S/c1-2-15-39(16-3-1)42-19-12-21-45(35-42)59(46-22-13-20-43(36-46)49-27-14-18-40-17-4-5-23-48(40)49)47-37-53(58-54(38-47)52-26-8-11-30-57(52)61-58)41-31-33-44(34-32-41)60-55-28-9-6-24-50(55)51-25-7-10-29-56(51)60/h1-38H. The Morgan fingerprint density at radius 2 is 0.902 bits per heavy atom. The molecule has 3 heteroatoms. The summed E-state index contributed by atoms with van der Waals surface area (Å²) in [5, 5.41) is 7.55. The Labute approximate surface area is 358 Å². The lowest BCUT2D eigenvalue weighted by Crippen LogP contribution is -2.10. The van der Waals surface area contributed by atoms with Crippen molar-refractivity contribution in [3.05, 3.63) is 231 Å². The first kappa shape index (κ1) is 35.2. The normalized spacial score (nSPS) is 11.6. The molecule has 0 spiro atoms. The highest BCUT2D eigenvalue weighted by atomic mass is 32.1. The van der Waals surface area contributed by atoms with E-state index in [1.54, 1.807) is 0 Å². The molecule has 0 atom stereocenters. The molecule has 61 heavy (non-hydrogen) atoms. The molecule has 0 saturated carbocycles. The second kappa shape index (κ2) is 14.5. The third-order valence-corrected chi connectivity index (χ3v) is 13.4. The zero-order valence-electron chi connectivity index (χ0n) is 33.2. The predicted molar refractivity (Wildman–Crippen MR) is 262 cm³/mol. The number of fused-ring (bicyclic) bond motifs is 7. The molecule has 0 unspecified atom stereocenters. The van der Waals surface area contributed by atoms with Crippen LogP contribution in [0.25, 0.3) is 91.8 Å². The zero-order chi connectivity index (χ0) is 40.3. The van der Waals surface area contributed by atoms with Crippen molar-refractivity contribution >= 4 is 81.1 Å². The van der Waals surface area contributed by atoms with Gasteiger partial charge in [-0.2, -0.15) is 0 Å². The Morgan fingerprint density at radius 3 is 1.66 bits per heavy atom. The predicted octanol–water partition coefficient (Wildman–Crippen LogP) is 16.8. The Morgan fingerprint density at radius 1 is 0.328 bits per heavy atom. The lowest BCUT2D eigenvalue weighted by atomic mass is 9.97. The van der Waals surface area contributed by atoms with Gasteiger partial charge in [-0.15, -0.1) is 11.3 Å². The van der Waals surface area contributed by atoms with Gasteiger partial charge in [0.15, 0.2) is 0 Å². The van der Waals surface area contributed by atoms with Gasteiger partial charge < -0.3 is 9.47 Å². The quantitative estimate of drug-likeness (QED) is 0.156. The molecule has 286 valence electrons. The fourth-order valence-electron chi connectivity index (χ4n) is 9.34. The van der Waals surface area contributed by atoms with E-state index in [2.05, 4.69) is 240 Å². The molecule has 2 nitrogen and oxygen atoms in total. The Kier molecular flexibility index (Phi) is 8.39. The molecule has 0 saturated heterocycles. The van der Waals surface area contributed by atoms with Crippen LogP contribution in [-0.4, -0.2) is 4.57 Å². The van der Waals surface area contributed by atoms with Crippen molar-refractivity contribution in [1.82, 2.24) is 4.57 Å². The molecule has 0 fully saturated rings. The minimum Gasteiger partial charge on any atom is -0.310 e. The maximum Gasteiger partial charge on any atom is 0.0541 e. The van der Waals surface area contributed by atoms with Crippen LogP contribution in [0.1, 0.15) is 0 Å². The molecule has 2 aromatic heterocycles. The van der Waals surface area contributed by atoms with E-state index in [0.29, 0.717) is 0 Å². The van der Waals surface area contributed by atoms with Gasteiger partial charge in [-0.25, -0.2) is 0 Å². The summed E-state index contributed by atoms with van der Waals surface area (Å²) in [6.07, 6.45) is 0. The van der Waals surface area contributed by atoms with Crippen LogP contribution in [0.5, 0.6) is 0 Å². The van der Waals surface area contributed by atoms with Crippen LogP contribution in [-0.2, 0) is 0 Å². The van der Waals surface area contributed by atoms with Crippen molar-refractivity contribution in [1.29, 1.82) is 0 Å². The summed E-state index contributed by atoms with van der Waals surface area (Å²) in [4.78, 5) is 2.45. The van der Waals surface area contributed by atoms with E-state index >= 15 is 0 Å². The maximum absolute atomic E-state index is 2.45. The molecule has 0 aliphatic carbocycles. The molecule has 0 bridgehead atoms. The molecular weight excluding hydrogens is 757 g/mol. The Hall–Kier alpha value is -7.72. The second-order valence-corrected chi connectivity index (χ2v) is 16.8.